The van der Waals surface area contributed by atoms with Crippen LogP contribution in [0.1, 0.15) is 21.5 Å². The number of methoxy groups -OCH3 is 1. The molecule has 0 unspecified atom stereocenters. The normalized spacial score (nSPS) is 10.5. The van der Waals surface area contributed by atoms with Crippen LogP contribution in [0.15, 0.2) is 54.6 Å². The van der Waals surface area contributed by atoms with Crippen molar-refractivity contribution in [3.8, 4) is 0 Å². The van der Waals surface area contributed by atoms with Crippen LogP contribution < -0.4 is 5.32 Å². The predicted octanol–water partition coefficient (Wildman–Crippen LogP) is 3.43. The topological polar surface area (TPSA) is 55.4 Å². The van der Waals surface area contributed by atoms with Gasteiger partial charge in [-0.05, 0) is 30.7 Å². The van der Waals surface area contributed by atoms with Gasteiger partial charge in [0.05, 0.1) is 18.4 Å². The summed E-state index contributed by atoms with van der Waals surface area (Å²) in [6, 6.07) is 14.5. The highest BCUT2D eigenvalue weighted by Crippen LogP contribution is 2.16. The number of rotatable bonds is 4. The Balaban J connectivity index is 2.09. The minimum atomic E-state index is -0.488. The molecule has 0 radical (unpaired) electrons. The minimum Gasteiger partial charge on any atom is -0.465 e. The maximum atomic E-state index is 12.0. The van der Waals surface area contributed by atoms with Gasteiger partial charge in [0.15, 0.2) is 0 Å². The number of benzene rings is 2. The number of carbonyl (C=O) groups excluding carboxylic acids is 2. The minimum absolute atomic E-state index is 0.308. The molecule has 0 fully saturated rings. The standard InChI is InChI=1S/C18H17NO3/c1-13-7-9-14(10-8-13)11-12-17(20)19-16-6-4-3-5-15(16)18(21)22-2/h3-12H,1-2H3,(H,19,20). The van der Waals surface area contributed by atoms with Crippen molar-refractivity contribution < 1.29 is 14.3 Å². The zero-order valence-electron chi connectivity index (χ0n) is 12.5. The Morgan fingerprint density at radius 3 is 2.41 bits per heavy atom. The van der Waals surface area contributed by atoms with Crippen LogP contribution in [0.3, 0.4) is 0 Å². The highest BCUT2D eigenvalue weighted by atomic mass is 16.5. The van der Waals surface area contributed by atoms with Gasteiger partial charge in [-0.3, -0.25) is 4.79 Å². The number of aryl methyl sites for hydroxylation is 1. The van der Waals surface area contributed by atoms with Gasteiger partial charge in [-0.15, -0.1) is 0 Å². The largest absolute Gasteiger partial charge is 0.465 e. The first kappa shape index (κ1) is 15.5. The second kappa shape index (κ2) is 7.22. The van der Waals surface area contributed by atoms with Crippen LogP contribution in [0.4, 0.5) is 5.69 Å². The van der Waals surface area contributed by atoms with Crippen molar-refractivity contribution >= 4 is 23.6 Å². The monoisotopic (exact) mass is 295 g/mol. The lowest BCUT2D eigenvalue weighted by Crippen LogP contribution is -2.12. The summed E-state index contributed by atoms with van der Waals surface area (Å²) >= 11 is 0. The molecular weight excluding hydrogens is 278 g/mol. The van der Waals surface area contributed by atoms with E-state index in [1.54, 1.807) is 30.3 Å². The summed E-state index contributed by atoms with van der Waals surface area (Å²) in [5.74, 6) is -0.796. The van der Waals surface area contributed by atoms with E-state index in [-0.39, 0.29) is 5.91 Å². The Hall–Kier alpha value is -2.88. The molecule has 2 aromatic carbocycles. The molecule has 0 heterocycles. The average molecular weight is 295 g/mol. The van der Waals surface area contributed by atoms with Crippen LogP contribution in [0.5, 0.6) is 0 Å². The zero-order valence-corrected chi connectivity index (χ0v) is 12.5. The molecule has 0 bridgehead atoms. The van der Waals surface area contributed by atoms with Crippen LogP contribution in [0.2, 0.25) is 0 Å². The van der Waals surface area contributed by atoms with Gasteiger partial charge < -0.3 is 10.1 Å². The van der Waals surface area contributed by atoms with Crippen molar-refractivity contribution in [3.63, 3.8) is 0 Å². The van der Waals surface area contributed by atoms with Gasteiger partial charge in [-0.1, -0.05) is 42.0 Å². The first-order valence-corrected chi connectivity index (χ1v) is 6.83. The van der Waals surface area contributed by atoms with E-state index in [4.69, 9.17) is 4.74 Å². The summed E-state index contributed by atoms with van der Waals surface area (Å²) in [4.78, 5) is 23.6. The fraction of sp³-hybridized carbons (Fsp3) is 0.111. The fourth-order valence-corrected chi connectivity index (χ4v) is 1.90. The Labute approximate surface area is 129 Å². The molecule has 4 heteroatoms. The van der Waals surface area contributed by atoms with E-state index in [0.717, 1.165) is 11.1 Å². The third-order valence-electron chi connectivity index (χ3n) is 3.09. The van der Waals surface area contributed by atoms with Crippen molar-refractivity contribution in [2.24, 2.45) is 0 Å². The summed E-state index contributed by atoms with van der Waals surface area (Å²) < 4.78 is 4.69. The van der Waals surface area contributed by atoms with Crippen molar-refractivity contribution in [1.29, 1.82) is 0 Å². The number of hydrogen-bond donors (Lipinski definition) is 1. The van der Waals surface area contributed by atoms with Crippen molar-refractivity contribution in [2.75, 3.05) is 12.4 Å². The number of anilines is 1. The number of nitrogens with one attached hydrogen (secondary N) is 1. The van der Waals surface area contributed by atoms with Crippen molar-refractivity contribution in [3.05, 3.63) is 71.3 Å². The van der Waals surface area contributed by atoms with Gasteiger partial charge >= 0.3 is 5.97 Å². The summed E-state index contributed by atoms with van der Waals surface area (Å²) in [6.07, 6.45) is 3.15. The Morgan fingerprint density at radius 2 is 1.73 bits per heavy atom. The predicted molar refractivity (Wildman–Crippen MR) is 86.6 cm³/mol. The Kier molecular flexibility index (Phi) is 5.09. The molecule has 1 N–H and O–H groups in total. The molecule has 22 heavy (non-hydrogen) atoms. The van der Waals surface area contributed by atoms with Gasteiger partial charge in [-0.2, -0.15) is 0 Å². The average Bonchev–Trinajstić information content (AvgIpc) is 2.54. The van der Waals surface area contributed by atoms with Crippen molar-refractivity contribution in [2.45, 2.75) is 6.92 Å². The number of ether oxygens (including phenoxy) is 1. The van der Waals surface area contributed by atoms with E-state index in [9.17, 15) is 9.59 Å². The first-order valence-electron chi connectivity index (χ1n) is 6.83. The van der Waals surface area contributed by atoms with E-state index in [1.165, 1.54) is 13.2 Å². The second-order valence-corrected chi connectivity index (χ2v) is 4.77. The highest BCUT2D eigenvalue weighted by molar-refractivity contribution is 6.06. The second-order valence-electron chi connectivity index (χ2n) is 4.77. The van der Waals surface area contributed by atoms with Gasteiger partial charge in [0.1, 0.15) is 0 Å². The third-order valence-corrected chi connectivity index (χ3v) is 3.09. The lowest BCUT2D eigenvalue weighted by atomic mass is 10.1. The zero-order chi connectivity index (χ0) is 15.9. The molecule has 0 saturated carbocycles. The molecule has 0 aliphatic carbocycles. The number of para-hydroxylation sites is 1. The smallest absolute Gasteiger partial charge is 0.339 e. The van der Waals surface area contributed by atoms with E-state index in [2.05, 4.69) is 5.32 Å². The molecule has 0 aliphatic rings. The Morgan fingerprint density at radius 1 is 1.05 bits per heavy atom. The summed E-state index contributed by atoms with van der Waals surface area (Å²) in [5.41, 5.74) is 2.84. The van der Waals surface area contributed by atoms with Crippen molar-refractivity contribution in [1.82, 2.24) is 0 Å². The van der Waals surface area contributed by atoms with Gasteiger partial charge in [0.2, 0.25) is 5.91 Å². The molecule has 0 aliphatic heterocycles. The van der Waals surface area contributed by atoms with Crippen LogP contribution in [-0.4, -0.2) is 19.0 Å². The van der Waals surface area contributed by atoms with E-state index < -0.39 is 5.97 Å². The molecule has 0 spiro atoms. The highest BCUT2D eigenvalue weighted by Gasteiger charge is 2.11. The molecule has 2 aromatic rings. The lowest BCUT2D eigenvalue weighted by molar-refractivity contribution is -0.111. The lowest BCUT2D eigenvalue weighted by Gasteiger charge is -2.07. The molecule has 112 valence electrons. The quantitative estimate of drug-likeness (QED) is 0.694. The maximum Gasteiger partial charge on any atom is 0.339 e. The number of amides is 1. The van der Waals surface area contributed by atoms with E-state index >= 15 is 0 Å². The summed E-state index contributed by atoms with van der Waals surface area (Å²) in [7, 11) is 1.30. The number of esters is 1. The maximum absolute atomic E-state index is 12.0. The molecule has 4 nitrogen and oxygen atoms in total. The van der Waals surface area contributed by atoms with Crippen LogP contribution in [-0.2, 0) is 9.53 Å². The molecule has 2 rings (SSSR count). The van der Waals surface area contributed by atoms with E-state index in [1.807, 2.05) is 31.2 Å². The summed E-state index contributed by atoms with van der Waals surface area (Å²) in [6.45, 7) is 2.00. The number of carbonyl (C=O) groups is 2. The molecular formula is C18H17NO3. The van der Waals surface area contributed by atoms with Gasteiger partial charge in [0.25, 0.3) is 0 Å². The molecule has 0 atom stereocenters. The molecule has 0 saturated heterocycles. The number of hydrogen-bond acceptors (Lipinski definition) is 3. The summed E-state index contributed by atoms with van der Waals surface area (Å²) in [5, 5.41) is 2.68. The molecule has 1 amide bonds. The van der Waals surface area contributed by atoms with Gasteiger partial charge in [0, 0.05) is 6.08 Å². The third kappa shape index (κ3) is 4.06. The van der Waals surface area contributed by atoms with Crippen LogP contribution in [0, 0.1) is 6.92 Å². The fourth-order valence-electron chi connectivity index (χ4n) is 1.90. The Bertz CT molecular complexity index is 703. The van der Waals surface area contributed by atoms with Gasteiger partial charge in [-0.25, -0.2) is 4.79 Å². The first-order chi connectivity index (χ1) is 10.6. The van der Waals surface area contributed by atoms with E-state index in [0.29, 0.717) is 11.3 Å². The SMILES string of the molecule is COC(=O)c1ccccc1NC(=O)C=Cc1ccc(C)cc1. The van der Waals surface area contributed by atoms with Crippen LogP contribution >= 0.6 is 0 Å². The van der Waals surface area contributed by atoms with Crippen LogP contribution in [0.25, 0.3) is 6.08 Å². The molecule has 0 aromatic heterocycles.